The van der Waals surface area contributed by atoms with Crippen molar-refractivity contribution in [2.45, 2.75) is 23.4 Å². The minimum absolute atomic E-state index is 0.0411. The number of carbonyl (C=O) groups is 2. The Kier molecular flexibility index (Phi) is 4.60. The number of sulfonamides is 1. The summed E-state index contributed by atoms with van der Waals surface area (Å²) in [6.07, 6.45) is 0.125. The maximum atomic E-state index is 13.0. The molecule has 2 unspecified atom stereocenters. The quantitative estimate of drug-likeness (QED) is 0.789. The highest BCUT2D eigenvalue weighted by Crippen LogP contribution is 2.31. The molecule has 0 radical (unpaired) electrons. The molecule has 0 bridgehead atoms. The lowest BCUT2D eigenvalue weighted by atomic mass is 10.1. The lowest BCUT2D eigenvalue weighted by molar-refractivity contribution is -0.119. The van der Waals surface area contributed by atoms with Crippen molar-refractivity contribution < 1.29 is 22.4 Å². The SMILES string of the molecule is O=C1Nc2cc(Cl)ccc2C(=O)N2CC(NS(=O)(=O)c3ccc(F)cc3)CC12. The van der Waals surface area contributed by atoms with Crippen molar-refractivity contribution in [1.29, 1.82) is 0 Å². The molecule has 2 aliphatic heterocycles. The average molecular weight is 424 g/mol. The first kappa shape index (κ1) is 18.9. The number of benzene rings is 2. The Morgan fingerprint density at radius 1 is 1.14 bits per heavy atom. The van der Waals surface area contributed by atoms with Gasteiger partial charge in [0.25, 0.3) is 5.91 Å². The summed E-state index contributed by atoms with van der Waals surface area (Å²) in [5.41, 5.74) is 0.627. The van der Waals surface area contributed by atoms with Crippen LogP contribution in [0.5, 0.6) is 0 Å². The summed E-state index contributed by atoms with van der Waals surface area (Å²) in [4.78, 5) is 26.7. The monoisotopic (exact) mass is 423 g/mol. The molecule has 2 heterocycles. The highest BCUT2D eigenvalue weighted by atomic mass is 35.5. The van der Waals surface area contributed by atoms with Crippen LogP contribution in [0, 0.1) is 5.82 Å². The highest BCUT2D eigenvalue weighted by Gasteiger charge is 2.43. The zero-order valence-electron chi connectivity index (χ0n) is 14.4. The number of halogens is 2. The summed E-state index contributed by atoms with van der Waals surface area (Å²) >= 11 is 5.93. The van der Waals surface area contributed by atoms with E-state index in [2.05, 4.69) is 10.0 Å². The average Bonchev–Trinajstić information content (AvgIpc) is 3.01. The molecule has 2 aromatic rings. The van der Waals surface area contributed by atoms with Gasteiger partial charge >= 0.3 is 0 Å². The van der Waals surface area contributed by atoms with Gasteiger partial charge in [-0.2, -0.15) is 0 Å². The van der Waals surface area contributed by atoms with Crippen LogP contribution < -0.4 is 10.0 Å². The Bertz CT molecular complexity index is 1070. The lowest BCUT2D eigenvalue weighted by Gasteiger charge is -2.20. The Balaban J connectivity index is 1.58. The number of rotatable bonds is 3. The molecule has 2 N–H and O–H groups in total. The van der Waals surface area contributed by atoms with Crippen LogP contribution >= 0.6 is 11.6 Å². The van der Waals surface area contributed by atoms with E-state index in [0.29, 0.717) is 16.3 Å². The predicted molar refractivity (Wildman–Crippen MR) is 100 cm³/mol. The molecular formula is C18H15ClFN3O4S. The van der Waals surface area contributed by atoms with Crippen molar-refractivity contribution >= 4 is 39.1 Å². The Morgan fingerprint density at radius 2 is 1.86 bits per heavy atom. The van der Waals surface area contributed by atoms with Crippen molar-refractivity contribution in [3.63, 3.8) is 0 Å². The van der Waals surface area contributed by atoms with Crippen LogP contribution in [0.15, 0.2) is 47.4 Å². The number of nitrogens with one attached hydrogen (secondary N) is 2. The topological polar surface area (TPSA) is 95.6 Å². The van der Waals surface area contributed by atoms with Gasteiger partial charge in [-0.05, 0) is 48.9 Å². The van der Waals surface area contributed by atoms with Gasteiger partial charge in [-0.25, -0.2) is 17.5 Å². The number of amides is 2. The van der Waals surface area contributed by atoms with Crippen LogP contribution in [0.25, 0.3) is 0 Å². The van der Waals surface area contributed by atoms with Crippen LogP contribution in [0.3, 0.4) is 0 Å². The molecule has 7 nitrogen and oxygen atoms in total. The maximum Gasteiger partial charge on any atom is 0.256 e. The Morgan fingerprint density at radius 3 is 2.57 bits per heavy atom. The lowest BCUT2D eigenvalue weighted by Crippen LogP contribution is -2.41. The maximum absolute atomic E-state index is 13.0. The molecule has 4 rings (SSSR count). The van der Waals surface area contributed by atoms with E-state index in [0.717, 1.165) is 24.3 Å². The van der Waals surface area contributed by atoms with Gasteiger partial charge in [0, 0.05) is 17.6 Å². The van der Waals surface area contributed by atoms with Gasteiger partial charge < -0.3 is 10.2 Å². The molecule has 2 aromatic carbocycles. The number of carbonyl (C=O) groups excluding carboxylic acids is 2. The molecule has 1 fully saturated rings. The van der Waals surface area contributed by atoms with Gasteiger partial charge in [-0.3, -0.25) is 9.59 Å². The van der Waals surface area contributed by atoms with Crippen LogP contribution in [0.1, 0.15) is 16.8 Å². The molecule has 0 spiro atoms. The molecular weight excluding hydrogens is 409 g/mol. The minimum Gasteiger partial charge on any atom is -0.325 e. The van der Waals surface area contributed by atoms with E-state index in [4.69, 9.17) is 11.6 Å². The van der Waals surface area contributed by atoms with E-state index in [1.807, 2.05) is 0 Å². The van der Waals surface area contributed by atoms with Gasteiger partial charge in [0.2, 0.25) is 15.9 Å². The van der Waals surface area contributed by atoms with Crippen molar-refractivity contribution in [2.75, 3.05) is 11.9 Å². The first-order valence-corrected chi connectivity index (χ1v) is 10.3. The predicted octanol–water partition coefficient (Wildman–Crippen LogP) is 1.99. The summed E-state index contributed by atoms with van der Waals surface area (Å²) < 4.78 is 40.6. The smallest absolute Gasteiger partial charge is 0.256 e. The number of nitrogens with zero attached hydrogens (tertiary/aromatic N) is 1. The van der Waals surface area contributed by atoms with Crippen LogP contribution in [0.2, 0.25) is 5.02 Å². The van der Waals surface area contributed by atoms with Gasteiger partial charge in [-0.1, -0.05) is 11.6 Å². The van der Waals surface area contributed by atoms with E-state index in [9.17, 15) is 22.4 Å². The van der Waals surface area contributed by atoms with E-state index in [1.165, 1.54) is 17.0 Å². The van der Waals surface area contributed by atoms with E-state index in [1.54, 1.807) is 6.07 Å². The van der Waals surface area contributed by atoms with Gasteiger partial charge in [0.15, 0.2) is 0 Å². The fourth-order valence-corrected chi connectivity index (χ4v) is 4.88. The molecule has 28 heavy (non-hydrogen) atoms. The molecule has 0 aromatic heterocycles. The second-order valence-corrected chi connectivity index (χ2v) is 8.81. The fraction of sp³-hybridized carbons (Fsp3) is 0.222. The van der Waals surface area contributed by atoms with Gasteiger partial charge in [-0.15, -0.1) is 0 Å². The van der Waals surface area contributed by atoms with Crippen molar-refractivity contribution in [3.8, 4) is 0 Å². The molecule has 146 valence electrons. The molecule has 0 aliphatic carbocycles. The van der Waals surface area contributed by atoms with Crippen LogP contribution in [0.4, 0.5) is 10.1 Å². The summed E-state index contributed by atoms with van der Waals surface area (Å²) in [7, 11) is -3.92. The third kappa shape index (κ3) is 3.36. The Hall–Kier alpha value is -2.49. The van der Waals surface area contributed by atoms with Crippen LogP contribution in [-0.4, -0.2) is 43.8 Å². The number of hydrogen-bond acceptors (Lipinski definition) is 4. The molecule has 0 saturated carbocycles. The fourth-order valence-electron chi connectivity index (χ4n) is 3.47. The highest BCUT2D eigenvalue weighted by molar-refractivity contribution is 7.89. The molecule has 10 heteroatoms. The third-order valence-corrected chi connectivity index (χ3v) is 6.55. The molecule has 1 saturated heterocycles. The molecule has 2 amide bonds. The second-order valence-electron chi connectivity index (χ2n) is 6.66. The first-order chi connectivity index (χ1) is 13.2. The van der Waals surface area contributed by atoms with Gasteiger partial charge in [0.1, 0.15) is 11.9 Å². The molecule has 2 aliphatic rings. The van der Waals surface area contributed by atoms with Crippen LogP contribution in [-0.2, 0) is 14.8 Å². The summed E-state index contributed by atoms with van der Waals surface area (Å²) in [6, 6.07) is 7.54. The first-order valence-electron chi connectivity index (χ1n) is 8.44. The largest absolute Gasteiger partial charge is 0.325 e. The number of hydrogen-bond donors (Lipinski definition) is 2. The number of fused-ring (bicyclic) bond motifs is 2. The van der Waals surface area contributed by atoms with E-state index in [-0.39, 0.29) is 23.8 Å². The number of anilines is 1. The second kappa shape index (κ2) is 6.84. The zero-order chi connectivity index (χ0) is 20.1. The summed E-state index contributed by atoms with van der Waals surface area (Å²) in [5, 5.41) is 3.07. The van der Waals surface area contributed by atoms with E-state index >= 15 is 0 Å². The third-order valence-electron chi connectivity index (χ3n) is 4.78. The van der Waals surface area contributed by atoms with Crippen molar-refractivity contribution in [3.05, 3.63) is 58.9 Å². The van der Waals surface area contributed by atoms with Crippen molar-refractivity contribution in [1.82, 2.24) is 9.62 Å². The molecule has 2 atom stereocenters. The van der Waals surface area contributed by atoms with Gasteiger partial charge in [0.05, 0.1) is 16.1 Å². The summed E-state index contributed by atoms with van der Waals surface area (Å²) in [6.45, 7) is 0.0411. The van der Waals surface area contributed by atoms with E-state index < -0.39 is 33.8 Å². The summed E-state index contributed by atoms with van der Waals surface area (Å²) in [5.74, 6) is -1.33. The standard InChI is InChI=1S/C18H15ClFN3O4S/c19-10-1-6-14-15(7-10)21-17(24)16-8-12(9-23(16)18(14)25)22-28(26,27)13-4-2-11(20)3-5-13/h1-7,12,16,22H,8-9H2,(H,21,24). The zero-order valence-corrected chi connectivity index (χ0v) is 15.9. The normalized spacial score (nSPS) is 21.7. The Labute approximate surface area is 165 Å². The van der Waals surface area contributed by atoms with Crippen molar-refractivity contribution in [2.24, 2.45) is 0 Å². The minimum atomic E-state index is -3.92.